The van der Waals surface area contributed by atoms with Crippen LogP contribution in [0, 0.1) is 13.8 Å². The van der Waals surface area contributed by atoms with Crippen molar-refractivity contribution in [1.29, 1.82) is 0 Å². The maximum Gasteiger partial charge on any atom is 0.279 e. The number of imide groups is 1. The third kappa shape index (κ3) is 4.36. The summed E-state index contributed by atoms with van der Waals surface area (Å²) in [5, 5.41) is 0.453. The van der Waals surface area contributed by atoms with Crippen LogP contribution in [-0.4, -0.2) is 33.7 Å². The van der Waals surface area contributed by atoms with Crippen LogP contribution in [0.5, 0.6) is 0 Å². The van der Waals surface area contributed by atoms with Gasteiger partial charge < -0.3 is 4.90 Å². The minimum atomic E-state index is -0.334. The van der Waals surface area contributed by atoms with Gasteiger partial charge in [-0.15, -0.1) is 0 Å². The summed E-state index contributed by atoms with van der Waals surface area (Å²) in [6.07, 6.45) is 0. The first-order valence-electron chi connectivity index (χ1n) is 9.87. The van der Waals surface area contributed by atoms with Gasteiger partial charge in [-0.25, -0.2) is 9.97 Å². The lowest BCUT2D eigenvalue weighted by molar-refractivity contribution is -0.138. The van der Waals surface area contributed by atoms with Gasteiger partial charge in [0.25, 0.3) is 11.8 Å². The first kappa shape index (κ1) is 20.8. The van der Waals surface area contributed by atoms with E-state index in [0.717, 1.165) is 34.4 Å². The number of aryl methyl sites for hydroxylation is 2. The lowest BCUT2D eigenvalue weighted by Gasteiger charge is -2.21. The van der Waals surface area contributed by atoms with Crippen LogP contribution < -0.4 is 4.90 Å². The monoisotopic (exact) mass is 430 g/mol. The Labute approximate surface area is 185 Å². The maximum atomic E-state index is 13.4. The lowest BCUT2D eigenvalue weighted by atomic mass is 10.2. The van der Waals surface area contributed by atoms with Gasteiger partial charge in [0.05, 0.1) is 6.54 Å². The third-order valence-corrected chi connectivity index (χ3v) is 5.86. The fourth-order valence-corrected chi connectivity index (χ4v) is 4.53. The number of amides is 2. The van der Waals surface area contributed by atoms with Crippen LogP contribution in [-0.2, 0) is 16.1 Å². The second-order valence-corrected chi connectivity index (χ2v) is 8.27. The molecule has 0 fully saturated rings. The number of aromatic nitrogens is 2. The molecule has 156 valence electrons. The SMILES string of the molecule is Cc1cc(C)nc(SC2=C(N(C)c3ccccc3)C(=O)N(Cc3ccccc3)C2=O)n1. The van der Waals surface area contributed by atoms with Crippen molar-refractivity contribution in [2.45, 2.75) is 25.5 Å². The predicted octanol–water partition coefficient (Wildman–Crippen LogP) is 4.10. The molecule has 3 aromatic rings. The molecular formula is C24H22N4O2S. The first-order valence-corrected chi connectivity index (χ1v) is 10.7. The van der Waals surface area contributed by atoms with Crippen molar-refractivity contribution in [2.24, 2.45) is 0 Å². The molecule has 2 aromatic carbocycles. The lowest BCUT2D eigenvalue weighted by Crippen LogP contribution is -2.33. The quantitative estimate of drug-likeness (QED) is 0.433. The first-order chi connectivity index (χ1) is 14.9. The van der Waals surface area contributed by atoms with Gasteiger partial charge >= 0.3 is 0 Å². The summed E-state index contributed by atoms with van der Waals surface area (Å²) < 4.78 is 0. The summed E-state index contributed by atoms with van der Waals surface area (Å²) in [6.45, 7) is 3.98. The van der Waals surface area contributed by atoms with Gasteiger partial charge in [-0.05, 0) is 49.4 Å². The molecule has 1 aliphatic rings. The molecule has 0 spiro atoms. The average Bonchev–Trinajstić information content (AvgIpc) is 2.98. The molecule has 0 aliphatic carbocycles. The molecule has 0 saturated heterocycles. The van der Waals surface area contributed by atoms with Crippen LogP contribution in [0.1, 0.15) is 17.0 Å². The van der Waals surface area contributed by atoms with Crippen molar-refractivity contribution in [1.82, 2.24) is 14.9 Å². The predicted molar refractivity (Wildman–Crippen MR) is 121 cm³/mol. The smallest absolute Gasteiger partial charge is 0.279 e. The number of nitrogens with zero attached hydrogens (tertiary/aromatic N) is 4. The molecule has 0 N–H and O–H groups in total. The van der Waals surface area contributed by atoms with Gasteiger partial charge in [0, 0.05) is 24.1 Å². The summed E-state index contributed by atoms with van der Waals surface area (Å²) in [5.74, 6) is -0.661. The van der Waals surface area contributed by atoms with Crippen molar-refractivity contribution in [3.8, 4) is 0 Å². The van der Waals surface area contributed by atoms with Crippen molar-refractivity contribution < 1.29 is 9.59 Å². The number of benzene rings is 2. The minimum Gasteiger partial charge on any atom is -0.339 e. The molecule has 31 heavy (non-hydrogen) atoms. The van der Waals surface area contributed by atoms with Gasteiger partial charge in [-0.1, -0.05) is 48.5 Å². The molecule has 0 saturated carbocycles. The van der Waals surface area contributed by atoms with Crippen LogP contribution in [0.4, 0.5) is 5.69 Å². The number of anilines is 1. The van der Waals surface area contributed by atoms with Crippen molar-refractivity contribution in [2.75, 3.05) is 11.9 Å². The Balaban J connectivity index is 1.75. The fraction of sp³-hybridized carbons (Fsp3) is 0.167. The van der Waals surface area contributed by atoms with Crippen molar-refractivity contribution in [3.63, 3.8) is 0 Å². The number of thioether (sulfide) groups is 1. The summed E-state index contributed by atoms with van der Waals surface area (Å²) in [4.78, 5) is 39.1. The number of rotatable bonds is 6. The molecular weight excluding hydrogens is 408 g/mol. The van der Waals surface area contributed by atoms with E-state index in [-0.39, 0.29) is 18.4 Å². The van der Waals surface area contributed by atoms with E-state index in [0.29, 0.717) is 15.8 Å². The van der Waals surface area contributed by atoms with Gasteiger partial charge in [0.2, 0.25) is 0 Å². The van der Waals surface area contributed by atoms with E-state index < -0.39 is 0 Å². The summed E-state index contributed by atoms with van der Waals surface area (Å²) >= 11 is 1.14. The number of hydrogen-bond donors (Lipinski definition) is 0. The van der Waals surface area contributed by atoms with E-state index >= 15 is 0 Å². The molecule has 7 heteroatoms. The standard InChI is InChI=1S/C24H22N4O2S/c1-16-14-17(2)26-24(25-16)31-21-20(27(3)19-12-8-5-9-13-19)22(29)28(23(21)30)15-18-10-6-4-7-11-18/h4-14H,15H2,1-3H3. The molecule has 2 heterocycles. The average molecular weight is 431 g/mol. The van der Waals surface area contributed by atoms with E-state index in [1.807, 2.05) is 80.6 Å². The van der Waals surface area contributed by atoms with Gasteiger partial charge in [-0.3, -0.25) is 14.5 Å². The zero-order valence-electron chi connectivity index (χ0n) is 17.6. The molecule has 1 aliphatic heterocycles. The van der Waals surface area contributed by atoms with Crippen LogP contribution in [0.2, 0.25) is 0 Å². The molecule has 4 rings (SSSR count). The second-order valence-electron chi connectivity index (χ2n) is 7.29. The Hall–Kier alpha value is -3.45. The number of hydrogen-bond acceptors (Lipinski definition) is 6. The zero-order chi connectivity index (χ0) is 22.0. The van der Waals surface area contributed by atoms with Crippen LogP contribution >= 0.6 is 11.8 Å². The molecule has 0 atom stereocenters. The summed E-state index contributed by atoms with van der Waals surface area (Å²) in [6, 6.07) is 20.9. The molecule has 6 nitrogen and oxygen atoms in total. The van der Waals surface area contributed by atoms with Crippen LogP contribution in [0.15, 0.2) is 82.5 Å². The van der Waals surface area contributed by atoms with Crippen LogP contribution in [0.3, 0.4) is 0 Å². The molecule has 0 radical (unpaired) electrons. The molecule has 0 bridgehead atoms. The highest BCUT2D eigenvalue weighted by atomic mass is 32.2. The number of para-hydroxylation sites is 1. The summed E-state index contributed by atoms with van der Waals surface area (Å²) in [5.41, 5.74) is 3.66. The Morgan fingerprint density at radius 1 is 0.871 bits per heavy atom. The van der Waals surface area contributed by atoms with Crippen molar-refractivity contribution in [3.05, 3.63) is 94.3 Å². The highest BCUT2D eigenvalue weighted by molar-refractivity contribution is 8.04. The van der Waals surface area contributed by atoms with E-state index in [1.54, 1.807) is 11.9 Å². The number of carbonyl (C=O) groups is 2. The van der Waals surface area contributed by atoms with Gasteiger partial charge in [0.15, 0.2) is 5.16 Å². The maximum absolute atomic E-state index is 13.4. The Morgan fingerprint density at radius 3 is 2.06 bits per heavy atom. The van der Waals surface area contributed by atoms with E-state index in [2.05, 4.69) is 9.97 Å². The highest BCUT2D eigenvalue weighted by Gasteiger charge is 2.41. The molecule has 2 amide bonds. The largest absolute Gasteiger partial charge is 0.339 e. The highest BCUT2D eigenvalue weighted by Crippen LogP contribution is 2.37. The number of carbonyl (C=O) groups excluding carboxylic acids is 2. The fourth-order valence-electron chi connectivity index (χ4n) is 3.45. The van der Waals surface area contributed by atoms with E-state index in [9.17, 15) is 9.59 Å². The molecule has 1 aromatic heterocycles. The third-order valence-electron chi connectivity index (χ3n) is 4.92. The van der Waals surface area contributed by atoms with Gasteiger partial charge in [-0.2, -0.15) is 0 Å². The summed E-state index contributed by atoms with van der Waals surface area (Å²) in [7, 11) is 1.80. The second kappa shape index (κ2) is 8.73. The Bertz CT molecular complexity index is 1140. The van der Waals surface area contributed by atoms with E-state index in [1.165, 1.54) is 4.90 Å². The van der Waals surface area contributed by atoms with Gasteiger partial charge in [0.1, 0.15) is 10.6 Å². The van der Waals surface area contributed by atoms with Crippen LogP contribution in [0.25, 0.3) is 0 Å². The minimum absolute atomic E-state index is 0.211. The van der Waals surface area contributed by atoms with E-state index in [4.69, 9.17) is 0 Å². The Morgan fingerprint density at radius 2 is 1.45 bits per heavy atom. The Kier molecular flexibility index (Phi) is 5.86. The van der Waals surface area contributed by atoms with Crippen molar-refractivity contribution >= 4 is 29.3 Å². The number of likely N-dealkylation sites (N-methyl/N-ethyl adjacent to an activating group) is 1. The normalized spacial score (nSPS) is 13.8. The zero-order valence-corrected chi connectivity index (χ0v) is 18.4. The molecule has 0 unspecified atom stereocenters. The topological polar surface area (TPSA) is 66.4 Å².